The Morgan fingerprint density at radius 3 is 2.56 bits per heavy atom. The number of hydrogen-bond acceptors (Lipinski definition) is 3. The number of aryl methyl sites for hydroxylation is 1. The highest BCUT2D eigenvalue weighted by Gasteiger charge is 2.34. The zero-order valence-corrected chi connectivity index (χ0v) is 9.61. The van der Waals surface area contributed by atoms with Gasteiger partial charge in [-0.2, -0.15) is 0 Å². The number of phenolic OH excluding ortho intramolecular Hbond substituents is 1. The number of aliphatic hydroxyl groups is 1. The minimum absolute atomic E-state index is 0.233. The van der Waals surface area contributed by atoms with Crippen molar-refractivity contribution in [3.8, 4) is 5.75 Å². The molecule has 0 spiro atoms. The SMILES string of the molecule is Cc1ccc(O)c(C2(N)CCC(O)CC2)c1. The lowest BCUT2D eigenvalue weighted by Gasteiger charge is -2.36. The highest BCUT2D eigenvalue weighted by atomic mass is 16.3. The van der Waals surface area contributed by atoms with Crippen LogP contribution in [0.5, 0.6) is 5.75 Å². The Balaban J connectivity index is 2.32. The molecule has 1 aliphatic carbocycles. The predicted octanol–water partition coefficient (Wildman–Crippen LogP) is 1.79. The second-order valence-corrected chi connectivity index (χ2v) is 4.91. The van der Waals surface area contributed by atoms with E-state index in [9.17, 15) is 10.2 Å². The van der Waals surface area contributed by atoms with Gasteiger partial charge in [0.05, 0.1) is 6.10 Å². The molecule has 0 saturated heterocycles. The zero-order chi connectivity index (χ0) is 11.8. The molecule has 1 fully saturated rings. The van der Waals surface area contributed by atoms with Crippen LogP contribution in [0.1, 0.15) is 36.8 Å². The predicted molar refractivity (Wildman–Crippen MR) is 63.2 cm³/mol. The van der Waals surface area contributed by atoms with E-state index in [0.29, 0.717) is 12.8 Å². The van der Waals surface area contributed by atoms with Gasteiger partial charge in [-0.15, -0.1) is 0 Å². The minimum atomic E-state index is -0.477. The Morgan fingerprint density at radius 2 is 1.94 bits per heavy atom. The molecule has 1 saturated carbocycles. The largest absolute Gasteiger partial charge is 0.508 e. The number of aromatic hydroxyl groups is 1. The molecule has 1 aromatic carbocycles. The van der Waals surface area contributed by atoms with Gasteiger partial charge < -0.3 is 15.9 Å². The van der Waals surface area contributed by atoms with Crippen LogP contribution in [0.25, 0.3) is 0 Å². The smallest absolute Gasteiger partial charge is 0.120 e. The first-order chi connectivity index (χ1) is 7.51. The van der Waals surface area contributed by atoms with Crippen molar-refractivity contribution in [1.29, 1.82) is 0 Å². The number of phenols is 1. The molecule has 4 N–H and O–H groups in total. The second-order valence-electron chi connectivity index (χ2n) is 4.91. The first kappa shape index (κ1) is 11.4. The maximum absolute atomic E-state index is 9.88. The lowest BCUT2D eigenvalue weighted by atomic mass is 9.76. The number of rotatable bonds is 1. The third kappa shape index (κ3) is 2.06. The van der Waals surface area contributed by atoms with Crippen LogP contribution in [0.4, 0.5) is 0 Å². The van der Waals surface area contributed by atoms with E-state index in [1.54, 1.807) is 6.07 Å². The zero-order valence-electron chi connectivity index (χ0n) is 9.61. The first-order valence-corrected chi connectivity index (χ1v) is 5.78. The van der Waals surface area contributed by atoms with Gasteiger partial charge in [0.1, 0.15) is 5.75 Å². The van der Waals surface area contributed by atoms with E-state index >= 15 is 0 Å². The summed E-state index contributed by atoms with van der Waals surface area (Å²) in [5.41, 5.74) is 7.78. The van der Waals surface area contributed by atoms with Crippen molar-refractivity contribution in [3.63, 3.8) is 0 Å². The molecule has 16 heavy (non-hydrogen) atoms. The summed E-state index contributed by atoms with van der Waals surface area (Å²) in [6, 6.07) is 5.53. The Morgan fingerprint density at radius 1 is 1.31 bits per heavy atom. The van der Waals surface area contributed by atoms with Gasteiger partial charge in [0.2, 0.25) is 0 Å². The standard InChI is InChI=1S/C13H19NO2/c1-9-2-3-12(16)11(8-9)13(14)6-4-10(15)5-7-13/h2-3,8,10,15-16H,4-7,14H2,1H3. The third-order valence-electron chi connectivity index (χ3n) is 3.54. The summed E-state index contributed by atoms with van der Waals surface area (Å²) < 4.78 is 0. The van der Waals surface area contributed by atoms with Crippen LogP contribution >= 0.6 is 0 Å². The van der Waals surface area contributed by atoms with Crippen LogP contribution in [-0.2, 0) is 5.54 Å². The monoisotopic (exact) mass is 221 g/mol. The molecular weight excluding hydrogens is 202 g/mol. The first-order valence-electron chi connectivity index (χ1n) is 5.78. The summed E-state index contributed by atoms with van der Waals surface area (Å²) in [5, 5.41) is 19.4. The molecule has 0 unspecified atom stereocenters. The minimum Gasteiger partial charge on any atom is -0.508 e. The van der Waals surface area contributed by atoms with Crippen LogP contribution in [0, 0.1) is 6.92 Å². The fourth-order valence-electron chi connectivity index (χ4n) is 2.44. The molecule has 0 radical (unpaired) electrons. The van der Waals surface area contributed by atoms with E-state index in [2.05, 4.69) is 0 Å². The molecule has 0 bridgehead atoms. The van der Waals surface area contributed by atoms with Gasteiger partial charge in [0.25, 0.3) is 0 Å². The average molecular weight is 221 g/mol. The fourth-order valence-corrected chi connectivity index (χ4v) is 2.44. The van der Waals surface area contributed by atoms with E-state index in [0.717, 1.165) is 24.0 Å². The maximum Gasteiger partial charge on any atom is 0.120 e. The van der Waals surface area contributed by atoms with Crippen LogP contribution in [0.2, 0.25) is 0 Å². The highest BCUT2D eigenvalue weighted by molar-refractivity contribution is 5.41. The van der Waals surface area contributed by atoms with E-state index in [4.69, 9.17) is 5.73 Å². The molecule has 0 heterocycles. The van der Waals surface area contributed by atoms with Crippen LogP contribution < -0.4 is 5.73 Å². The van der Waals surface area contributed by atoms with Crippen LogP contribution in [0.15, 0.2) is 18.2 Å². The molecule has 1 aliphatic rings. The van der Waals surface area contributed by atoms with Gasteiger partial charge in [0, 0.05) is 11.1 Å². The Kier molecular flexibility index (Phi) is 2.91. The molecule has 0 aliphatic heterocycles. The average Bonchev–Trinajstić information content (AvgIpc) is 2.26. The Bertz CT molecular complexity index is 382. The summed E-state index contributed by atoms with van der Waals surface area (Å²) in [6.07, 6.45) is 2.65. The number of hydrogen-bond donors (Lipinski definition) is 3. The third-order valence-corrected chi connectivity index (χ3v) is 3.54. The molecule has 0 aromatic heterocycles. The molecular formula is C13H19NO2. The molecule has 3 nitrogen and oxygen atoms in total. The van der Waals surface area contributed by atoms with Crippen molar-refractivity contribution in [1.82, 2.24) is 0 Å². The second kappa shape index (κ2) is 4.07. The molecule has 2 rings (SSSR count). The topological polar surface area (TPSA) is 66.5 Å². The number of benzene rings is 1. The van der Waals surface area contributed by atoms with Gasteiger partial charge in [-0.1, -0.05) is 17.7 Å². The quantitative estimate of drug-likeness (QED) is 0.677. The highest BCUT2D eigenvalue weighted by Crippen LogP contribution is 2.39. The van der Waals surface area contributed by atoms with Crippen molar-refractivity contribution in [2.24, 2.45) is 5.73 Å². The van der Waals surface area contributed by atoms with Crippen molar-refractivity contribution >= 4 is 0 Å². The van der Waals surface area contributed by atoms with E-state index in [1.807, 2.05) is 19.1 Å². The molecule has 3 heteroatoms. The van der Waals surface area contributed by atoms with Crippen molar-refractivity contribution < 1.29 is 10.2 Å². The lowest BCUT2D eigenvalue weighted by Crippen LogP contribution is -2.41. The fraction of sp³-hybridized carbons (Fsp3) is 0.538. The summed E-state index contributed by atoms with van der Waals surface area (Å²) in [4.78, 5) is 0. The number of nitrogens with two attached hydrogens (primary N) is 1. The van der Waals surface area contributed by atoms with Gasteiger partial charge >= 0.3 is 0 Å². The van der Waals surface area contributed by atoms with E-state index in [1.165, 1.54) is 0 Å². The lowest BCUT2D eigenvalue weighted by molar-refractivity contribution is 0.0960. The molecule has 88 valence electrons. The van der Waals surface area contributed by atoms with Crippen LogP contribution in [-0.4, -0.2) is 16.3 Å². The van der Waals surface area contributed by atoms with Crippen molar-refractivity contribution in [3.05, 3.63) is 29.3 Å². The molecule has 0 atom stereocenters. The summed E-state index contributed by atoms with van der Waals surface area (Å²) in [7, 11) is 0. The van der Waals surface area contributed by atoms with Gasteiger partial charge in [0.15, 0.2) is 0 Å². The van der Waals surface area contributed by atoms with Gasteiger partial charge in [-0.25, -0.2) is 0 Å². The summed E-state index contributed by atoms with van der Waals surface area (Å²) >= 11 is 0. The van der Waals surface area contributed by atoms with Crippen LogP contribution in [0.3, 0.4) is 0 Å². The molecule has 0 amide bonds. The molecule has 1 aromatic rings. The Hall–Kier alpha value is -1.06. The van der Waals surface area contributed by atoms with E-state index in [-0.39, 0.29) is 11.9 Å². The van der Waals surface area contributed by atoms with Gasteiger partial charge in [-0.3, -0.25) is 0 Å². The number of aliphatic hydroxyl groups excluding tert-OH is 1. The Labute approximate surface area is 95.9 Å². The normalized spacial score (nSPS) is 30.3. The van der Waals surface area contributed by atoms with Crippen molar-refractivity contribution in [2.45, 2.75) is 44.2 Å². The van der Waals surface area contributed by atoms with Gasteiger partial charge in [-0.05, 0) is 38.7 Å². The summed E-state index contributed by atoms with van der Waals surface area (Å²) in [6.45, 7) is 1.99. The summed E-state index contributed by atoms with van der Waals surface area (Å²) in [5.74, 6) is 0.268. The van der Waals surface area contributed by atoms with E-state index < -0.39 is 5.54 Å². The van der Waals surface area contributed by atoms with Crippen molar-refractivity contribution in [2.75, 3.05) is 0 Å². The maximum atomic E-state index is 9.88.